The minimum atomic E-state index is -0.163. The van der Waals surface area contributed by atoms with Gasteiger partial charge in [0.25, 0.3) is 0 Å². The van der Waals surface area contributed by atoms with Crippen molar-refractivity contribution in [2.45, 2.75) is 64.3 Å². The lowest BCUT2D eigenvalue weighted by Gasteiger charge is -2.38. The average molecular weight is 289 g/mol. The van der Waals surface area contributed by atoms with Crippen LogP contribution in [0.15, 0.2) is 0 Å². The molecule has 3 nitrogen and oxygen atoms in total. The molecule has 0 bridgehead atoms. The van der Waals surface area contributed by atoms with Gasteiger partial charge in [-0.05, 0) is 37.5 Å². The molecule has 1 amide bonds. The molecule has 19 heavy (non-hydrogen) atoms. The zero-order valence-corrected chi connectivity index (χ0v) is 13.2. The molecule has 2 N–H and O–H groups in total. The van der Waals surface area contributed by atoms with Crippen molar-refractivity contribution < 1.29 is 4.79 Å². The number of carbonyl (C=O) groups excluding carboxylic acids is 1. The highest BCUT2D eigenvalue weighted by Gasteiger charge is 2.38. The van der Waals surface area contributed by atoms with Crippen molar-refractivity contribution in [2.24, 2.45) is 17.6 Å². The highest BCUT2D eigenvalue weighted by atomic mass is 35.5. The monoisotopic (exact) mass is 288 g/mol. The molecule has 1 aliphatic carbocycles. The summed E-state index contributed by atoms with van der Waals surface area (Å²) < 4.78 is 0. The third-order valence-corrected chi connectivity index (χ3v) is 5.15. The van der Waals surface area contributed by atoms with E-state index in [0.717, 1.165) is 37.8 Å². The lowest BCUT2D eigenvalue weighted by Crippen LogP contribution is -2.50. The van der Waals surface area contributed by atoms with Crippen molar-refractivity contribution in [3.63, 3.8) is 0 Å². The van der Waals surface area contributed by atoms with E-state index in [1.54, 1.807) is 0 Å². The van der Waals surface area contributed by atoms with Gasteiger partial charge in [-0.2, -0.15) is 0 Å². The zero-order chi connectivity index (χ0) is 13.2. The van der Waals surface area contributed by atoms with Gasteiger partial charge in [0, 0.05) is 25.0 Å². The molecule has 112 valence electrons. The predicted octanol–water partition coefficient (Wildman–Crippen LogP) is 2.96. The van der Waals surface area contributed by atoms with Crippen LogP contribution in [0.1, 0.15) is 58.8 Å². The van der Waals surface area contributed by atoms with E-state index >= 15 is 0 Å². The standard InChI is InChI=1S/C15H28N2O.ClH/c1-3-12(4-2)13-6-9-17(11-13)14(18)10-15(16)7-5-8-15;/h12-13H,3-11,16H2,1-2H3;1H. The van der Waals surface area contributed by atoms with Crippen LogP contribution in [0, 0.1) is 11.8 Å². The molecule has 1 heterocycles. The van der Waals surface area contributed by atoms with E-state index in [1.165, 1.54) is 25.7 Å². The van der Waals surface area contributed by atoms with Crippen LogP contribution in [0.4, 0.5) is 0 Å². The molecule has 2 fully saturated rings. The number of hydrogen-bond donors (Lipinski definition) is 1. The number of rotatable bonds is 5. The van der Waals surface area contributed by atoms with Crippen molar-refractivity contribution in [1.82, 2.24) is 4.90 Å². The van der Waals surface area contributed by atoms with E-state index in [4.69, 9.17) is 5.73 Å². The fourth-order valence-corrected chi connectivity index (χ4v) is 3.57. The fourth-order valence-electron chi connectivity index (χ4n) is 3.57. The first-order valence-electron chi connectivity index (χ1n) is 7.64. The number of amides is 1. The molecule has 0 aromatic rings. The Morgan fingerprint density at radius 1 is 1.37 bits per heavy atom. The van der Waals surface area contributed by atoms with Crippen LogP contribution in [0.2, 0.25) is 0 Å². The van der Waals surface area contributed by atoms with Gasteiger partial charge < -0.3 is 10.6 Å². The van der Waals surface area contributed by atoms with Crippen molar-refractivity contribution in [3.05, 3.63) is 0 Å². The fraction of sp³-hybridized carbons (Fsp3) is 0.933. The maximum absolute atomic E-state index is 12.2. The van der Waals surface area contributed by atoms with Crippen molar-refractivity contribution >= 4 is 18.3 Å². The molecule has 1 saturated heterocycles. The quantitative estimate of drug-likeness (QED) is 0.845. The molecule has 2 aliphatic rings. The summed E-state index contributed by atoms with van der Waals surface area (Å²) in [6, 6.07) is 0. The molecule has 1 aliphatic heterocycles. The van der Waals surface area contributed by atoms with Gasteiger partial charge in [-0.15, -0.1) is 12.4 Å². The number of nitrogens with two attached hydrogens (primary N) is 1. The Morgan fingerprint density at radius 2 is 2.00 bits per heavy atom. The third-order valence-electron chi connectivity index (χ3n) is 5.15. The van der Waals surface area contributed by atoms with Crippen molar-refractivity contribution in [1.29, 1.82) is 0 Å². The summed E-state index contributed by atoms with van der Waals surface area (Å²) in [7, 11) is 0. The number of carbonyl (C=O) groups is 1. The highest BCUT2D eigenvalue weighted by molar-refractivity contribution is 5.85. The van der Waals surface area contributed by atoms with Crippen molar-refractivity contribution in [2.75, 3.05) is 13.1 Å². The van der Waals surface area contributed by atoms with Gasteiger partial charge in [-0.3, -0.25) is 4.79 Å². The number of nitrogens with zero attached hydrogens (tertiary/aromatic N) is 1. The Labute approximate surface area is 123 Å². The summed E-state index contributed by atoms with van der Waals surface area (Å²) in [5.74, 6) is 1.81. The van der Waals surface area contributed by atoms with Gasteiger partial charge in [0.2, 0.25) is 5.91 Å². The van der Waals surface area contributed by atoms with Crippen LogP contribution in [0.5, 0.6) is 0 Å². The van der Waals surface area contributed by atoms with Gasteiger partial charge in [-0.25, -0.2) is 0 Å². The maximum atomic E-state index is 12.2. The van der Waals surface area contributed by atoms with E-state index in [9.17, 15) is 4.79 Å². The van der Waals surface area contributed by atoms with E-state index < -0.39 is 0 Å². The second-order valence-corrected chi connectivity index (χ2v) is 6.36. The molecule has 1 atom stereocenters. The normalized spacial score (nSPS) is 25.1. The Balaban J connectivity index is 0.00000180. The zero-order valence-electron chi connectivity index (χ0n) is 12.4. The Kier molecular flexibility index (Phi) is 6.13. The Hall–Kier alpha value is -0.280. The first-order valence-corrected chi connectivity index (χ1v) is 7.64. The first kappa shape index (κ1) is 16.8. The van der Waals surface area contributed by atoms with Gasteiger partial charge in [-0.1, -0.05) is 26.7 Å². The van der Waals surface area contributed by atoms with E-state index in [2.05, 4.69) is 18.7 Å². The second-order valence-electron chi connectivity index (χ2n) is 6.36. The molecule has 0 aromatic heterocycles. The molecule has 0 radical (unpaired) electrons. The summed E-state index contributed by atoms with van der Waals surface area (Å²) in [6.07, 6.45) is 7.50. The largest absolute Gasteiger partial charge is 0.342 e. The average Bonchev–Trinajstić information content (AvgIpc) is 2.78. The number of hydrogen-bond acceptors (Lipinski definition) is 2. The summed E-state index contributed by atoms with van der Waals surface area (Å²) in [6.45, 7) is 6.46. The van der Waals surface area contributed by atoms with Gasteiger partial charge in [0.05, 0.1) is 0 Å². The lowest BCUT2D eigenvalue weighted by atomic mass is 9.75. The molecule has 0 aromatic carbocycles. The van der Waals surface area contributed by atoms with Crippen molar-refractivity contribution in [3.8, 4) is 0 Å². The summed E-state index contributed by atoms with van der Waals surface area (Å²) in [5, 5.41) is 0. The number of likely N-dealkylation sites (tertiary alicyclic amines) is 1. The molecular weight excluding hydrogens is 260 g/mol. The molecule has 2 rings (SSSR count). The van der Waals surface area contributed by atoms with Crippen LogP contribution in [-0.2, 0) is 4.79 Å². The van der Waals surface area contributed by atoms with E-state index in [0.29, 0.717) is 12.3 Å². The van der Waals surface area contributed by atoms with E-state index in [-0.39, 0.29) is 17.9 Å². The molecular formula is C15H29ClN2O. The van der Waals surface area contributed by atoms with Crippen LogP contribution in [-0.4, -0.2) is 29.4 Å². The smallest absolute Gasteiger partial charge is 0.224 e. The third kappa shape index (κ3) is 3.85. The lowest BCUT2D eigenvalue weighted by molar-refractivity contribution is -0.132. The minimum Gasteiger partial charge on any atom is -0.342 e. The highest BCUT2D eigenvalue weighted by Crippen LogP contribution is 2.34. The second kappa shape index (κ2) is 6.94. The Bertz CT molecular complexity index is 301. The summed E-state index contributed by atoms with van der Waals surface area (Å²) in [5.41, 5.74) is 6.01. The maximum Gasteiger partial charge on any atom is 0.224 e. The number of halogens is 1. The predicted molar refractivity (Wildman–Crippen MR) is 81.4 cm³/mol. The minimum absolute atomic E-state index is 0. The molecule has 4 heteroatoms. The van der Waals surface area contributed by atoms with Gasteiger partial charge in [0.1, 0.15) is 0 Å². The SMILES string of the molecule is CCC(CC)C1CCN(C(=O)CC2(N)CCC2)C1.Cl. The topological polar surface area (TPSA) is 46.3 Å². The summed E-state index contributed by atoms with van der Waals surface area (Å²) in [4.78, 5) is 14.3. The van der Waals surface area contributed by atoms with Gasteiger partial charge in [0.15, 0.2) is 0 Å². The van der Waals surface area contributed by atoms with Gasteiger partial charge >= 0.3 is 0 Å². The molecule has 1 unspecified atom stereocenters. The first-order chi connectivity index (χ1) is 8.58. The van der Waals surface area contributed by atoms with Crippen LogP contribution in [0.25, 0.3) is 0 Å². The Morgan fingerprint density at radius 3 is 2.47 bits per heavy atom. The van der Waals surface area contributed by atoms with E-state index in [1.807, 2.05) is 0 Å². The molecule has 1 saturated carbocycles. The van der Waals surface area contributed by atoms with Crippen LogP contribution in [0.3, 0.4) is 0 Å². The van der Waals surface area contributed by atoms with Crippen LogP contribution >= 0.6 is 12.4 Å². The summed E-state index contributed by atoms with van der Waals surface area (Å²) >= 11 is 0. The van der Waals surface area contributed by atoms with Crippen LogP contribution < -0.4 is 5.73 Å². The molecule has 0 spiro atoms.